The van der Waals surface area contributed by atoms with Crippen LogP contribution in [0.1, 0.15) is 28.4 Å². The first kappa shape index (κ1) is 27.9. The maximum absolute atomic E-state index is 13.3. The third-order valence-electron chi connectivity index (χ3n) is 5.57. The molecule has 11 heteroatoms. The largest absolute Gasteiger partial charge is 0.493 e. The van der Waals surface area contributed by atoms with Crippen molar-refractivity contribution in [1.29, 1.82) is 0 Å². The molecule has 1 saturated heterocycles. The number of anilines is 1. The summed E-state index contributed by atoms with van der Waals surface area (Å²) in [7, 11) is 1.46. The number of urea groups is 1. The first-order valence-corrected chi connectivity index (χ1v) is 12.8. The normalized spacial score (nSPS) is 14.3. The summed E-state index contributed by atoms with van der Waals surface area (Å²) in [6.07, 6.45) is 1.35. The van der Waals surface area contributed by atoms with Gasteiger partial charge in [0, 0.05) is 5.02 Å². The van der Waals surface area contributed by atoms with Crippen LogP contribution in [0.3, 0.4) is 0 Å². The fourth-order valence-corrected chi connectivity index (χ4v) is 4.55. The smallest absolute Gasteiger partial charge is 0.338 e. The minimum Gasteiger partial charge on any atom is -0.493 e. The van der Waals surface area contributed by atoms with Crippen LogP contribution in [0.5, 0.6) is 11.5 Å². The van der Waals surface area contributed by atoms with E-state index in [1.807, 2.05) is 12.1 Å². The van der Waals surface area contributed by atoms with Crippen molar-refractivity contribution in [3.63, 3.8) is 0 Å². The molecule has 1 fully saturated rings. The molecule has 0 aromatic heterocycles. The predicted molar refractivity (Wildman–Crippen MR) is 148 cm³/mol. The zero-order chi connectivity index (χ0) is 28.1. The molecular formula is C28H22BrClN2O7. The van der Waals surface area contributed by atoms with Crippen molar-refractivity contribution < 1.29 is 33.4 Å². The second-order valence-electron chi connectivity index (χ2n) is 8.18. The molecule has 39 heavy (non-hydrogen) atoms. The van der Waals surface area contributed by atoms with Gasteiger partial charge in [-0.05, 0) is 88.6 Å². The lowest BCUT2D eigenvalue weighted by molar-refractivity contribution is -0.122. The highest BCUT2D eigenvalue weighted by Crippen LogP contribution is 2.38. The molecule has 1 aliphatic heterocycles. The number of nitrogens with zero attached hydrogens (tertiary/aromatic N) is 1. The summed E-state index contributed by atoms with van der Waals surface area (Å²) in [5.41, 5.74) is 1.46. The molecule has 1 N–H and O–H groups in total. The highest BCUT2D eigenvalue weighted by molar-refractivity contribution is 9.10. The molecule has 0 aliphatic carbocycles. The fourth-order valence-electron chi connectivity index (χ4n) is 3.77. The number of rotatable bonds is 8. The van der Waals surface area contributed by atoms with E-state index in [0.29, 0.717) is 26.6 Å². The minimum atomic E-state index is -0.908. The van der Waals surface area contributed by atoms with Crippen LogP contribution in [-0.2, 0) is 20.9 Å². The van der Waals surface area contributed by atoms with Gasteiger partial charge in [-0.2, -0.15) is 0 Å². The summed E-state index contributed by atoms with van der Waals surface area (Å²) in [4.78, 5) is 51.2. The quantitative estimate of drug-likeness (QED) is 0.202. The number of methoxy groups -OCH3 is 1. The Morgan fingerprint density at radius 1 is 1.08 bits per heavy atom. The van der Waals surface area contributed by atoms with E-state index in [-0.39, 0.29) is 30.0 Å². The maximum atomic E-state index is 13.3. The van der Waals surface area contributed by atoms with Gasteiger partial charge in [0.05, 0.1) is 29.4 Å². The van der Waals surface area contributed by atoms with Crippen LogP contribution in [0.4, 0.5) is 10.5 Å². The number of benzene rings is 3. The number of nitrogens with one attached hydrogen (secondary N) is 1. The number of halogens is 2. The third-order valence-corrected chi connectivity index (χ3v) is 6.40. The molecule has 9 nitrogen and oxygen atoms in total. The predicted octanol–water partition coefficient (Wildman–Crippen LogP) is 5.53. The van der Waals surface area contributed by atoms with Crippen LogP contribution in [0, 0.1) is 0 Å². The number of hydrogen-bond donors (Lipinski definition) is 1. The minimum absolute atomic E-state index is 0.174. The topological polar surface area (TPSA) is 111 Å². The number of barbiturate groups is 1. The second kappa shape index (κ2) is 12.1. The molecule has 4 amide bonds. The molecular weight excluding hydrogens is 592 g/mol. The highest BCUT2D eigenvalue weighted by Gasteiger charge is 2.37. The molecule has 0 bridgehead atoms. The van der Waals surface area contributed by atoms with E-state index in [0.717, 1.165) is 10.5 Å². The summed E-state index contributed by atoms with van der Waals surface area (Å²) in [6, 6.07) is 15.3. The Labute approximate surface area is 237 Å². The molecule has 3 aromatic carbocycles. The number of ether oxygens (including phenoxy) is 3. The average molecular weight is 614 g/mol. The van der Waals surface area contributed by atoms with Crippen LogP contribution in [-0.4, -0.2) is 37.5 Å². The van der Waals surface area contributed by atoms with E-state index in [4.69, 9.17) is 25.8 Å². The molecule has 0 spiro atoms. The lowest BCUT2D eigenvalue weighted by atomic mass is 10.1. The molecule has 1 aliphatic rings. The number of esters is 1. The van der Waals surface area contributed by atoms with E-state index in [1.54, 1.807) is 31.2 Å². The zero-order valence-corrected chi connectivity index (χ0v) is 23.2. The Hall–Kier alpha value is -4.15. The lowest BCUT2D eigenvalue weighted by Crippen LogP contribution is -2.54. The standard InChI is InChI=1S/C28H22BrClN2O7/c1-3-38-27(35)18-7-9-20(10-8-18)32-26(34)21(25(33)31-28(32)36)12-17-13-22(29)24(23(14-17)37-2)39-15-16-5-4-6-19(30)11-16/h4-14H,3,15H2,1-2H3,(H,31,33,36)/b21-12+. The van der Waals surface area contributed by atoms with E-state index in [2.05, 4.69) is 21.2 Å². The first-order valence-electron chi connectivity index (χ1n) is 11.6. The molecule has 0 unspecified atom stereocenters. The van der Waals surface area contributed by atoms with E-state index < -0.39 is 23.8 Å². The fraction of sp³-hybridized carbons (Fsp3) is 0.143. The number of carbonyl (C=O) groups is 4. The Balaban J connectivity index is 1.60. The van der Waals surface area contributed by atoms with Gasteiger partial charge in [0.1, 0.15) is 12.2 Å². The molecule has 3 aromatic rings. The van der Waals surface area contributed by atoms with Crippen LogP contribution >= 0.6 is 27.5 Å². The van der Waals surface area contributed by atoms with Gasteiger partial charge in [-0.1, -0.05) is 23.7 Å². The van der Waals surface area contributed by atoms with Gasteiger partial charge in [0.15, 0.2) is 11.5 Å². The van der Waals surface area contributed by atoms with E-state index >= 15 is 0 Å². The van der Waals surface area contributed by atoms with Crippen LogP contribution in [0.2, 0.25) is 5.02 Å². The average Bonchev–Trinajstić information content (AvgIpc) is 2.90. The number of imide groups is 2. The van der Waals surface area contributed by atoms with Gasteiger partial charge in [0.25, 0.3) is 11.8 Å². The Bertz CT molecular complexity index is 1490. The Kier molecular flexibility index (Phi) is 8.68. The molecule has 0 saturated carbocycles. The zero-order valence-electron chi connectivity index (χ0n) is 20.8. The SMILES string of the molecule is CCOC(=O)c1ccc(N2C(=O)NC(=O)/C(=C\c3cc(Br)c(OCc4cccc(Cl)c4)c(OC)c3)C2=O)cc1. The van der Waals surface area contributed by atoms with Gasteiger partial charge < -0.3 is 14.2 Å². The van der Waals surface area contributed by atoms with Crippen molar-refractivity contribution in [3.8, 4) is 11.5 Å². The van der Waals surface area contributed by atoms with Crippen molar-refractivity contribution in [2.75, 3.05) is 18.6 Å². The maximum Gasteiger partial charge on any atom is 0.338 e. The lowest BCUT2D eigenvalue weighted by Gasteiger charge is -2.26. The summed E-state index contributed by atoms with van der Waals surface area (Å²) in [5.74, 6) is -1.44. The molecule has 0 radical (unpaired) electrons. The summed E-state index contributed by atoms with van der Waals surface area (Å²) < 4.78 is 16.9. The van der Waals surface area contributed by atoms with E-state index in [1.165, 1.54) is 37.5 Å². The Morgan fingerprint density at radius 3 is 2.49 bits per heavy atom. The van der Waals surface area contributed by atoms with Crippen molar-refractivity contribution in [2.45, 2.75) is 13.5 Å². The van der Waals surface area contributed by atoms with Gasteiger partial charge in [-0.25, -0.2) is 14.5 Å². The number of carbonyl (C=O) groups excluding carboxylic acids is 4. The van der Waals surface area contributed by atoms with Gasteiger partial charge in [0.2, 0.25) is 0 Å². The summed E-state index contributed by atoms with van der Waals surface area (Å²) in [6.45, 7) is 2.12. The van der Waals surface area contributed by atoms with Gasteiger partial charge >= 0.3 is 12.0 Å². The molecule has 4 rings (SSSR count). The van der Waals surface area contributed by atoms with Gasteiger partial charge in [-0.3, -0.25) is 14.9 Å². The van der Waals surface area contributed by atoms with Crippen molar-refractivity contribution >= 4 is 63.1 Å². The number of amides is 4. The van der Waals surface area contributed by atoms with Crippen LogP contribution in [0.15, 0.2) is 70.7 Å². The van der Waals surface area contributed by atoms with Crippen LogP contribution in [0.25, 0.3) is 6.08 Å². The van der Waals surface area contributed by atoms with E-state index in [9.17, 15) is 19.2 Å². The molecule has 0 atom stereocenters. The second-order valence-corrected chi connectivity index (χ2v) is 9.47. The third kappa shape index (κ3) is 6.30. The Morgan fingerprint density at radius 2 is 1.82 bits per heavy atom. The number of hydrogen-bond acceptors (Lipinski definition) is 7. The van der Waals surface area contributed by atoms with Crippen molar-refractivity contribution in [1.82, 2.24) is 5.32 Å². The van der Waals surface area contributed by atoms with Crippen molar-refractivity contribution in [2.24, 2.45) is 0 Å². The van der Waals surface area contributed by atoms with Gasteiger partial charge in [-0.15, -0.1) is 0 Å². The monoisotopic (exact) mass is 612 g/mol. The molecule has 200 valence electrons. The van der Waals surface area contributed by atoms with Crippen molar-refractivity contribution in [3.05, 3.63) is 92.4 Å². The summed E-state index contributed by atoms with van der Waals surface area (Å²) >= 11 is 9.50. The van der Waals surface area contributed by atoms with Crippen LogP contribution < -0.4 is 19.7 Å². The molecule has 1 heterocycles. The highest BCUT2D eigenvalue weighted by atomic mass is 79.9. The first-order chi connectivity index (χ1) is 18.7. The summed E-state index contributed by atoms with van der Waals surface area (Å²) in [5, 5.41) is 2.76.